The lowest BCUT2D eigenvalue weighted by Crippen LogP contribution is -2.34. The van der Waals surface area contributed by atoms with Gasteiger partial charge in [-0.3, -0.25) is 0 Å². The SMILES string of the molecule is Cc1ccc(F)c(C2(C)COC[C@@H]2CO)c1. The molecule has 1 aliphatic rings. The second kappa shape index (κ2) is 4.15. The van der Waals surface area contributed by atoms with E-state index >= 15 is 0 Å². The van der Waals surface area contributed by atoms with E-state index in [0.717, 1.165) is 5.56 Å². The molecule has 3 heteroatoms. The maximum atomic E-state index is 13.8. The van der Waals surface area contributed by atoms with Crippen LogP contribution in [0.2, 0.25) is 0 Å². The third kappa shape index (κ3) is 1.74. The van der Waals surface area contributed by atoms with Gasteiger partial charge in [-0.1, -0.05) is 24.6 Å². The molecule has 1 unspecified atom stereocenters. The Morgan fingerprint density at radius 3 is 3.00 bits per heavy atom. The van der Waals surface area contributed by atoms with Crippen molar-refractivity contribution in [3.8, 4) is 0 Å². The molecule has 0 bridgehead atoms. The van der Waals surface area contributed by atoms with Gasteiger partial charge in [-0.05, 0) is 18.6 Å². The zero-order chi connectivity index (χ0) is 11.8. The predicted molar refractivity (Wildman–Crippen MR) is 59.9 cm³/mol. The molecular weight excluding hydrogens is 207 g/mol. The third-order valence-electron chi connectivity index (χ3n) is 3.58. The highest BCUT2D eigenvalue weighted by atomic mass is 19.1. The van der Waals surface area contributed by atoms with E-state index in [-0.39, 0.29) is 18.3 Å². The van der Waals surface area contributed by atoms with E-state index in [2.05, 4.69) is 0 Å². The number of rotatable bonds is 2. The van der Waals surface area contributed by atoms with E-state index in [1.165, 1.54) is 6.07 Å². The maximum Gasteiger partial charge on any atom is 0.127 e. The van der Waals surface area contributed by atoms with Crippen molar-refractivity contribution >= 4 is 0 Å². The van der Waals surface area contributed by atoms with Crippen LogP contribution in [0.4, 0.5) is 4.39 Å². The van der Waals surface area contributed by atoms with Gasteiger partial charge in [0.15, 0.2) is 0 Å². The lowest BCUT2D eigenvalue weighted by Gasteiger charge is -2.29. The number of benzene rings is 1. The van der Waals surface area contributed by atoms with Crippen molar-refractivity contribution in [2.75, 3.05) is 19.8 Å². The molecule has 0 radical (unpaired) electrons. The fraction of sp³-hybridized carbons (Fsp3) is 0.538. The molecular formula is C13H17FO2. The van der Waals surface area contributed by atoms with Crippen LogP contribution in [0.3, 0.4) is 0 Å². The smallest absolute Gasteiger partial charge is 0.127 e. The quantitative estimate of drug-likeness (QED) is 0.833. The average Bonchev–Trinajstić information content (AvgIpc) is 2.64. The van der Waals surface area contributed by atoms with Crippen molar-refractivity contribution in [1.29, 1.82) is 0 Å². The van der Waals surface area contributed by atoms with Crippen LogP contribution in [-0.2, 0) is 10.2 Å². The first-order chi connectivity index (χ1) is 7.58. The van der Waals surface area contributed by atoms with Crippen LogP contribution < -0.4 is 0 Å². The molecule has 0 aliphatic carbocycles. The van der Waals surface area contributed by atoms with E-state index in [4.69, 9.17) is 4.74 Å². The molecule has 1 aromatic carbocycles. The minimum atomic E-state index is -0.412. The lowest BCUT2D eigenvalue weighted by molar-refractivity contribution is 0.160. The Balaban J connectivity index is 2.45. The first-order valence-electron chi connectivity index (χ1n) is 5.53. The summed E-state index contributed by atoms with van der Waals surface area (Å²) in [6, 6.07) is 5.10. The number of halogens is 1. The summed E-state index contributed by atoms with van der Waals surface area (Å²) in [5.74, 6) is -0.235. The van der Waals surface area contributed by atoms with Crippen molar-refractivity contribution in [3.63, 3.8) is 0 Å². The van der Waals surface area contributed by atoms with E-state index < -0.39 is 5.41 Å². The molecule has 2 rings (SSSR count). The number of aryl methyl sites for hydroxylation is 1. The highest BCUT2D eigenvalue weighted by Gasteiger charge is 2.42. The van der Waals surface area contributed by atoms with Gasteiger partial charge in [-0.2, -0.15) is 0 Å². The normalized spacial score (nSPS) is 29.6. The summed E-state index contributed by atoms with van der Waals surface area (Å²) in [7, 11) is 0. The van der Waals surface area contributed by atoms with Crippen LogP contribution in [0.25, 0.3) is 0 Å². The maximum absolute atomic E-state index is 13.8. The Morgan fingerprint density at radius 1 is 1.56 bits per heavy atom. The molecule has 0 aromatic heterocycles. The third-order valence-corrected chi connectivity index (χ3v) is 3.58. The summed E-state index contributed by atoms with van der Waals surface area (Å²) in [6.07, 6.45) is 0. The highest BCUT2D eigenvalue weighted by molar-refractivity contribution is 5.32. The fourth-order valence-electron chi connectivity index (χ4n) is 2.34. The largest absolute Gasteiger partial charge is 0.396 e. The second-order valence-corrected chi connectivity index (χ2v) is 4.80. The molecule has 1 heterocycles. The standard InChI is InChI=1S/C13H17FO2/c1-9-3-4-12(14)11(5-9)13(2)8-16-7-10(13)6-15/h3-5,10,15H,6-8H2,1-2H3/t10-,13?/m0/s1. The molecule has 2 nitrogen and oxygen atoms in total. The molecule has 88 valence electrons. The van der Waals surface area contributed by atoms with Crippen LogP contribution in [0.1, 0.15) is 18.1 Å². The van der Waals surface area contributed by atoms with Crippen LogP contribution in [0.5, 0.6) is 0 Å². The van der Waals surface area contributed by atoms with E-state index in [1.807, 2.05) is 19.9 Å². The molecule has 0 saturated carbocycles. The van der Waals surface area contributed by atoms with E-state index in [1.54, 1.807) is 6.07 Å². The van der Waals surface area contributed by atoms with Crippen LogP contribution in [0.15, 0.2) is 18.2 Å². The molecule has 1 N–H and O–H groups in total. The summed E-state index contributed by atoms with van der Waals surface area (Å²) >= 11 is 0. The van der Waals surface area contributed by atoms with Crippen LogP contribution in [0, 0.1) is 18.7 Å². The van der Waals surface area contributed by atoms with Gasteiger partial charge in [-0.25, -0.2) is 4.39 Å². The van der Waals surface area contributed by atoms with Crippen LogP contribution >= 0.6 is 0 Å². The summed E-state index contributed by atoms with van der Waals surface area (Å²) in [4.78, 5) is 0. The number of hydrogen-bond donors (Lipinski definition) is 1. The summed E-state index contributed by atoms with van der Waals surface area (Å²) in [5.41, 5.74) is 1.27. The Morgan fingerprint density at radius 2 is 2.31 bits per heavy atom. The summed E-state index contributed by atoms with van der Waals surface area (Å²) < 4.78 is 19.2. The minimum absolute atomic E-state index is 0.0243. The molecule has 1 saturated heterocycles. The number of aliphatic hydroxyl groups is 1. The lowest BCUT2D eigenvalue weighted by atomic mass is 9.74. The summed E-state index contributed by atoms with van der Waals surface area (Å²) in [6.45, 7) is 4.90. The van der Waals surface area contributed by atoms with Gasteiger partial charge < -0.3 is 9.84 Å². The minimum Gasteiger partial charge on any atom is -0.396 e. The Bertz CT molecular complexity index is 392. The van der Waals surface area contributed by atoms with Gasteiger partial charge in [0.05, 0.1) is 13.2 Å². The van der Waals surface area contributed by atoms with Crippen molar-refractivity contribution < 1.29 is 14.2 Å². The predicted octanol–water partition coefficient (Wildman–Crippen LogP) is 2.03. The topological polar surface area (TPSA) is 29.5 Å². The van der Waals surface area contributed by atoms with Gasteiger partial charge in [-0.15, -0.1) is 0 Å². The monoisotopic (exact) mass is 224 g/mol. The van der Waals surface area contributed by atoms with Gasteiger partial charge in [0, 0.05) is 17.9 Å². The van der Waals surface area contributed by atoms with Gasteiger partial charge in [0.1, 0.15) is 5.82 Å². The van der Waals surface area contributed by atoms with Gasteiger partial charge >= 0.3 is 0 Å². The number of hydrogen-bond acceptors (Lipinski definition) is 2. The Kier molecular flexibility index (Phi) is 3.00. The molecule has 0 amide bonds. The highest BCUT2D eigenvalue weighted by Crippen LogP contribution is 2.38. The Hall–Kier alpha value is -0.930. The first kappa shape index (κ1) is 11.6. The zero-order valence-corrected chi connectivity index (χ0v) is 9.66. The molecule has 2 atom stereocenters. The van der Waals surface area contributed by atoms with E-state index in [9.17, 15) is 9.50 Å². The van der Waals surface area contributed by atoms with Crippen molar-refractivity contribution in [2.24, 2.45) is 5.92 Å². The van der Waals surface area contributed by atoms with Gasteiger partial charge in [0.25, 0.3) is 0 Å². The van der Waals surface area contributed by atoms with Crippen molar-refractivity contribution in [2.45, 2.75) is 19.3 Å². The summed E-state index contributed by atoms with van der Waals surface area (Å²) in [5, 5.41) is 9.32. The molecule has 0 spiro atoms. The second-order valence-electron chi connectivity index (χ2n) is 4.80. The fourth-order valence-corrected chi connectivity index (χ4v) is 2.34. The van der Waals surface area contributed by atoms with Gasteiger partial charge in [0.2, 0.25) is 0 Å². The first-order valence-corrected chi connectivity index (χ1v) is 5.53. The number of aliphatic hydroxyl groups excluding tert-OH is 1. The zero-order valence-electron chi connectivity index (χ0n) is 9.66. The average molecular weight is 224 g/mol. The van der Waals surface area contributed by atoms with E-state index in [0.29, 0.717) is 18.8 Å². The van der Waals surface area contributed by atoms with Crippen molar-refractivity contribution in [3.05, 3.63) is 35.1 Å². The molecule has 1 aliphatic heterocycles. The van der Waals surface area contributed by atoms with Crippen molar-refractivity contribution in [1.82, 2.24) is 0 Å². The van der Waals surface area contributed by atoms with Crippen LogP contribution in [-0.4, -0.2) is 24.9 Å². The molecule has 16 heavy (non-hydrogen) atoms. The molecule has 1 fully saturated rings. The molecule has 1 aromatic rings. The Labute approximate surface area is 95.1 Å². The number of ether oxygens (including phenoxy) is 1.